The van der Waals surface area contributed by atoms with Crippen molar-refractivity contribution in [3.05, 3.63) is 71.5 Å². The van der Waals surface area contributed by atoms with Crippen molar-refractivity contribution in [2.45, 2.75) is 26.4 Å². The maximum atomic E-state index is 12.9. The molecule has 0 amide bonds. The molecule has 112 valence electrons. The van der Waals surface area contributed by atoms with Crippen LogP contribution in [0.25, 0.3) is 0 Å². The smallest absolute Gasteiger partial charge is 0.123 e. The summed E-state index contributed by atoms with van der Waals surface area (Å²) in [5.41, 5.74) is 1.87. The zero-order chi connectivity index (χ0) is 15.3. The highest BCUT2D eigenvalue weighted by molar-refractivity contribution is 5.22. The molecule has 2 aromatic rings. The number of hydrogen-bond donors (Lipinski definition) is 2. The molecule has 0 fully saturated rings. The van der Waals surface area contributed by atoms with E-state index in [-0.39, 0.29) is 23.9 Å². The topological polar surface area (TPSA) is 32.3 Å². The lowest BCUT2D eigenvalue weighted by Crippen LogP contribution is -2.36. The van der Waals surface area contributed by atoms with Crippen LogP contribution in [0, 0.1) is 11.2 Å². The fraction of sp³-hybridized carbons (Fsp3) is 0.333. The van der Waals surface area contributed by atoms with Crippen LogP contribution in [0.4, 0.5) is 4.39 Å². The van der Waals surface area contributed by atoms with E-state index in [2.05, 4.69) is 17.4 Å². The third-order valence-electron chi connectivity index (χ3n) is 3.75. The highest BCUT2D eigenvalue weighted by Crippen LogP contribution is 2.33. The summed E-state index contributed by atoms with van der Waals surface area (Å²) < 4.78 is 12.9. The van der Waals surface area contributed by atoms with Crippen LogP contribution < -0.4 is 5.32 Å². The first-order valence-corrected chi connectivity index (χ1v) is 7.16. The van der Waals surface area contributed by atoms with E-state index in [0.29, 0.717) is 6.54 Å². The number of nitrogens with one attached hydrogen (secondary N) is 1. The number of halogens is 1. The number of rotatable bonds is 6. The van der Waals surface area contributed by atoms with Gasteiger partial charge >= 0.3 is 0 Å². The Morgan fingerprint density at radius 2 is 1.67 bits per heavy atom. The molecule has 2 rings (SSSR count). The predicted octanol–water partition coefficient (Wildman–Crippen LogP) is 3.68. The molecule has 0 aliphatic carbocycles. The molecule has 0 aliphatic heterocycles. The molecule has 3 heteroatoms. The van der Waals surface area contributed by atoms with Gasteiger partial charge in [-0.05, 0) is 23.3 Å². The van der Waals surface area contributed by atoms with Crippen LogP contribution in [0.5, 0.6) is 0 Å². The van der Waals surface area contributed by atoms with Crippen molar-refractivity contribution in [2.24, 2.45) is 5.41 Å². The van der Waals surface area contributed by atoms with E-state index in [1.165, 1.54) is 12.1 Å². The van der Waals surface area contributed by atoms with Gasteiger partial charge in [0.1, 0.15) is 5.82 Å². The van der Waals surface area contributed by atoms with Crippen molar-refractivity contribution in [2.75, 3.05) is 6.61 Å². The minimum atomic E-state index is -0.290. The monoisotopic (exact) mass is 287 g/mol. The van der Waals surface area contributed by atoms with Gasteiger partial charge in [0.05, 0.1) is 0 Å². The van der Waals surface area contributed by atoms with Gasteiger partial charge < -0.3 is 10.4 Å². The lowest BCUT2D eigenvalue weighted by atomic mass is 9.81. The van der Waals surface area contributed by atoms with Gasteiger partial charge in [-0.15, -0.1) is 0 Å². The van der Waals surface area contributed by atoms with Crippen LogP contribution in [0.1, 0.15) is 31.0 Å². The molecule has 1 atom stereocenters. The van der Waals surface area contributed by atoms with Crippen LogP contribution in [0.3, 0.4) is 0 Å². The Bertz CT molecular complexity index is 551. The van der Waals surface area contributed by atoms with E-state index in [1.54, 1.807) is 12.1 Å². The lowest BCUT2D eigenvalue weighted by Gasteiger charge is -2.34. The molecule has 0 radical (unpaired) electrons. The fourth-order valence-corrected chi connectivity index (χ4v) is 2.40. The average Bonchev–Trinajstić information content (AvgIpc) is 2.50. The second-order valence-corrected chi connectivity index (χ2v) is 6.00. The van der Waals surface area contributed by atoms with Crippen molar-refractivity contribution < 1.29 is 9.50 Å². The van der Waals surface area contributed by atoms with Crippen molar-refractivity contribution in [3.63, 3.8) is 0 Å². The first kappa shape index (κ1) is 15.7. The minimum Gasteiger partial charge on any atom is -0.396 e. The molecule has 0 saturated heterocycles. The molecule has 2 N–H and O–H groups in total. The molecule has 1 unspecified atom stereocenters. The summed E-state index contributed by atoms with van der Waals surface area (Å²) in [6, 6.07) is 16.6. The summed E-state index contributed by atoms with van der Waals surface area (Å²) in [4.78, 5) is 0. The number of hydrogen-bond acceptors (Lipinski definition) is 2. The molecule has 0 aromatic heterocycles. The van der Waals surface area contributed by atoms with Gasteiger partial charge in [0, 0.05) is 24.6 Å². The second kappa shape index (κ2) is 6.83. The largest absolute Gasteiger partial charge is 0.396 e. The highest BCUT2D eigenvalue weighted by Gasteiger charge is 2.29. The van der Waals surface area contributed by atoms with Gasteiger partial charge in [0.15, 0.2) is 0 Å². The highest BCUT2D eigenvalue weighted by atomic mass is 19.1. The molecule has 21 heavy (non-hydrogen) atoms. The van der Waals surface area contributed by atoms with Crippen LogP contribution in [0.15, 0.2) is 54.6 Å². The Labute approximate surface area is 125 Å². The zero-order valence-electron chi connectivity index (χ0n) is 12.5. The molecular weight excluding hydrogens is 265 g/mol. The maximum absolute atomic E-state index is 12.9. The third-order valence-corrected chi connectivity index (χ3v) is 3.75. The van der Waals surface area contributed by atoms with E-state index in [9.17, 15) is 9.50 Å². The van der Waals surface area contributed by atoms with Crippen LogP contribution in [0.2, 0.25) is 0 Å². The SMILES string of the molecule is CC(C)(CO)C(NCc1ccc(F)cc1)c1ccccc1. The normalized spacial score (nSPS) is 13.1. The summed E-state index contributed by atoms with van der Waals surface area (Å²) in [5.74, 6) is -0.228. The molecule has 2 aromatic carbocycles. The van der Waals surface area contributed by atoms with Gasteiger partial charge in [0.2, 0.25) is 0 Å². The minimum absolute atomic E-state index is 0.0220. The van der Waals surface area contributed by atoms with E-state index in [4.69, 9.17) is 0 Å². The molecule has 0 saturated carbocycles. The standard InChI is InChI=1S/C18H22FNO/c1-18(2,13-21)17(15-6-4-3-5-7-15)20-12-14-8-10-16(19)11-9-14/h3-11,17,20-21H,12-13H2,1-2H3. The zero-order valence-corrected chi connectivity index (χ0v) is 12.5. The fourth-order valence-electron chi connectivity index (χ4n) is 2.40. The quantitative estimate of drug-likeness (QED) is 0.849. The van der Waals surface area contributed by atoms with Crippen molar-refractivity contribution in [3.8, 4) is 0 Å². The van der Waals surface area contributed by atoms with Gasteiger partial charge in [-0.1, -0.05) is 56.3 Å². The Morgan fingerprint density at radius 3 is 2.24 bits per heavy atom. The average molecular weight is 287 g/mol. The maximum Gasteiger partial charge on any atom is 0.123 e. The Balaban J connectivity index is 2.15. The molecule has 0 heterocycles. The Kier molecular flexibility index (Phi) is 5.10. The number of aliphatic hydroxyl groups excluding tert-OH is 1. The molecule has 2 nitrogen and oxygen atoms in total. The summed E-state index contributed by atoms with van der Waals surface area (Å²) in [7, 11) is 0. The van der Waals surface area contributed by atoms with Crippen LogP contribution >= 0.6 is 0 Å². The van der Waals surface area contributed by atoms with Crippen LogP contribution in [-0.4, -0.2) is 11.7 Å². The summed E-state index contributed by atoms with van der Waals surface area (Å²) in [5, 5.41) is 13.2. The van der Waals surface area contributed by atoms with Crippen LogP contribution in [-0.2, 0) is 6.54 Å². The summed E-state index contributed by atoms with van der Waals surface area (Å²) in [6.45, 7) is 4.77. The van der Waals surface area contributed by atoms with Gasteiger partial charge in [-0.25, -0.2) is 4.39 Å². The lowest BCUT2D eigenvalue weighted by molar-refractivity contribution is 0.114. The number of benzene rings is 2. The van der Waals surface area contributed by atoms with E-state index in [1.807, 2.05) is 32.0 Å². The second-order valence-electron chi connectivity index (χ2n) is 6.00. The van der Waals surface area contributed by atoms with Gasteiger partial charge in [-0.2, -0.15) is 0 Å². The predicted molar refractivity (Wildman–Crippen MR) is 83.3 cm³/mol. The molecule has 0 aliphatic rings. The first-order valence-electron chi connectivity index (χ1n) is 7.16. The molecule has 0 spiro atoms. The molecular formula is C18H22FNO. The summed E-state index contributed by atoms with van der Waals surface area (Å²) in [6.07, 6.45) is 0. The van der Waals surface area contributed by atoms with Gasteiger partial charge in [-0.3, -0.25) is 0 Å². The van der Waals surface area contributed by atoms with E-state index >= 15 is 0 Å². The van der Waals surface area contributed by atoms with Crippen molar-refractivity contribution in [1.82, 2.24) is 5.32 Å². The first-order chi connectivity index (χ1) is 10.0. The summed E-state index contributed by atoms with van der Waals surface area (Å²) >= 11 is 0. The number of aliphatic hydroxyl groups is 1. The Hall–Kier alpha value is -1.71. The van der Waals surface area contributed by atoms with Crippen molar-refractivity contribution >= 4 is 0 Å². The Morgan fingerprint density at radius 1 is 1.05 bits per heavy atom. The third kappa shape index (κ3) is 4.13. The van der Waals surface area contributed by atoms with E-state index < -0.39 is 0 Å². The van der Waals surface area contributed by atoms with Gasteiger partial charge in [0.25, 0.3) is 0 Å². The molecule has 0 bridgehead atoms. The van der Waals surface area contributed by atoms with E-state index in [0.717, 1.165) is 11.1 Å². The van der Waals surface area contributed by atoms with Crippen molar-refractivity contribution in [1.29, 1.82) is 0 Å².